The molecule has 2 unspecified atom stereocenters. The van der Waals surface area contributed by atoms with Gasteiger partial charge in [-0.2, -0.15) is 0 Å². The zero-order valence-corrected chi connectivity index (χ0v) is 10.2. The van der Waals surface area contributed by atoms with E-state index in [4.69, 9.17) is 5.11 Å². The molecule has 0 saturated carbocycles. The average molecular weight is 291 g/mol. The van der Waals surface area contributed by atoms with Crippen molar-refractivity contribution < 1.29 is 19.4 Å². The zero-order valence-electron chi connectivity index (χ0n) is 8.65. The van der Waals surface area contributed by atoms with E-state index in [1.165, 1.54) is 18.2 Å². The van der Waals surface area contributed by atoms with Gasteiger partial charge in [0.05, 0.1) is 12.0 Å². The summed E-state index contributed by atoms with van der Waals surface area (Å²) in [5.74, 6) is -2.39. The van der Waals surface area contributed by atoms with Crippen LogP contribution in [0.3, 0.4) is 0 Å². The number of carboxylic acid groups (broad SMARTS) is 1. The van der Waals surface area contributed by atoms with Crippen LogP contribution in [0.2, 0.25) is 0 Å². The van der Waals surface area contributed by atoms with E-state index < -0.39 is 23.8 Å². The Balaban J connectivity index is 3.03. The number of rotatable bonds is 4. The van der Waals surface area contributed by atoms with Crippen LogP contribution < -0.4 is 0 Å². The van der Waals surface area contributed by atoms with Gasteiger partial charge in [0.1, 0.15) is 5.82 Å². The molecule has 2 N–H and O–H groups in total. The van der Waals surface area contributed by atoms with E-state index >= 15 is 0 Å². The number of aliphatic carboxylic acids is 1. The summed E-state index contributed by atoms with van der Waals surface area (Å²) in [6.45, 7) is 1.68. The first kappa shape index (κ1) is 13.1. The normalized spacial score (nSPS) is 14.5. The molecule has 1 rings (SSSR count). The topological polar surface area (TPSA) is 57.5 Å². The molecule has 1 aromatic rings. The van der Waals surface area contributed by atoms with Gasteiger partial charge in [-0.25, -0.2) is 4.39 Å². The summed E-state index contributed by atoms with van der Waals surface area (Å²) in [6, 6.07) is 3.78. The number of carboxylic acids is 1. The molecule has 0 aromatic heterocycles. The fourth-order valence-corrected chi connectivity index (χ4v) is 2.08. The molecule has 16 heavy (non-hydrogen) atoms. The van der Waals surface area contributed by atoms with Crippen molar-refractivity contribution in [2.24, 2.45) is 5.92 Å². The minimum atomic E-state index is -1.14. The van der Waals surface area contributed by atoms with Gasteiger partial charge in [0.2, 0.25) is 0 Å². The Labute approximate surface area is 101 Å². The Bertz CT molecular complexity index is 395. The summed E-state index contributed by atoms with van der Waals surface area (Å²) in [7, 11) is 0. The lowest BCUT2D eigenvalue weighted by Crippen LogP contribution is -2.21. The lowest BCUT2D eigenvalue weighted by atomic mass is 9.94. The van der Waals surface area contributed by atoms with Crippen LogP contribution in [0.15, 0.2) is 22.7 Å². The number of hydrogen-bond donors (Lipinski definition) is 2. The van der Waals surface area contributed by atoms with Crippen LogP contribution in [0.1, 0.15) is 25.0 Å². The van der Waals surface area contributed by atoms with Gasteiger partial charge in [0.15, 0.2) is 0 Å². The summed E-state index contributed by atoms with van der Waals surface area (Å²) in [5.41, 5.74) is 0.385. The van der Waals surface area contributed by atoms with Gasteiger partial charge in [0.25, 0.3) is 0 Å². The van der Waals surface area contributed by atoms with E-state index in [9.17, 15) is 14.3 Å². The smallest absolute Gasteiger partial charge is 0.309 e. The Kier molecular flexibility index (Phi) is 4.44. The van der Waals surface area contributed by atoms with Crippen molar-refractivity contribution in [2.45, 2.75) is 19.4 Å². The summed E-state index contributed by atoms with van der Waals surface area (Å²) < 4.78 is 13.2. The second kappa shape index (κ2) is 5.41. The molecule has 2 atom stereocenters. The molecule has 3 nitrogen and oxygen atoms in total. The summed E-state index contributed by atoms with van der Waals surface area (Å²) in [4.78, 5) is 10.9. The molecular formula is C11H12BrFO3. The second-order valence-electron chi connectivity index (χ2n) is 3.46. The first-order valence-corrected chi connectivity index (χ1v) is 5.62. The van der Waals surface area contributed by atoms with Gasteiger partial charge in [0, 0.05) is 4.47 Å². The molecule has 5 heteroatoms. The van der Waals surface area contributed by atoms with Crippen LogP contribution in [0, 0.1) is 11.7 Å². The zero-order chi connectivity index (χ0) is 12.3. The number of carbonyl (C=O) groups is 1. The van der Waals surface area contributed by atoms with E-state index in [2.05, 4.69) is 15.9 Å². The third-order valence-electron chi connectivity index (χ3n) is 2.42. The molecule has 0 spiro atoms. The highest BCUT2D eigenvalue weighted by Crippen LogP contribution is 2.30. The molecule has 0 heterocycles. The number of aliphatic hydroxyl groups is 1. The van der Waals surface area contributed by atoms with Crippen molar-refractivity contribution in [1.82, 2.24) is 0 Å². The summed E-state index contributed by atoms with van der Waals surface area (Å²) in [6.07, 6.45) is -0.835. The Morgan fingerprint density at radius 1 is 1.56 bits per heavy atom. The summed E-state index contributed by atoms with van der Waals surface area (Å²) >= 11 is 3.10. The molecule has 88 valence electrons. The van der Waals surface area contributed by atoms with Crippen molar-refractivity contribution in [2.75, 3.05) is 0 Å². The Morgan fingerprint density at radius 2 is 2.19 bits per heavy atom. The molecule has 0 aliphatic heterocycles. The Hall–Kier alpha value is -0.940. The van der Waals surface area contributed by atoms with E-state index in [0.717, 1.165) is 0 Å². The Morgan fingerprint density at radius 3 is 2.62 bits per heavy atom. The highest BCUT2D eigenvalue weighted by atomic mass is 79.9. The molecule has 0 saturated heterocycles. The van der Waals surface area contributed by atoms with Crippen LogP contribution in [-0.2, 0) is 4.79 Å². The van der Waals surface area contributed by atoms with Crippen LogP contribution in [0.4, 0.5) is 4.39 Å². The van der Waals surface area contributed by atoms with Gasteiger partial charge in [-0.3, -0.25) is 4.79 Å². The monoisotopic (exact) mass is 290 g/mol. The van der Waals surface area contributed by atoms with E-state index in [1.807, 2.05) is 0 Å². The van der Waals surface area contributed by atoms with Crippen LogP contribution >= 0.6 is 15.9 Å². The predicted molar refractivity (Wildman–Crippen MR) is 60.5 cm³/mol. The first-order chi connectivity index (χ1) is 7.47. The average Bonchev–Trinajstić information content (AvgIpc) is 2.17. The fourth-order valence-electron chi connectivity index (χ4n) is 1.49. The number of benzene rings is 1. The highest BCUT2D eigenvalue weighted by molar-refractivity contribution is 9.10. The van der Waals surface area contributed by atoms with Crippen LogP contribution in [0.25, 0.3) is 0 Å². The maximum Gasteiger partial charge on any atom is 0.309 e. The minimum Gasteiger partial charge on any atom is -0.481 e. The molecule has 0 aliphatic rings. The molecule has 1 aromatic carbocycles. The van der Waals surface area contributed by atoms with Gasteiger partial charge in [-0.15, -0.1) is 0 Å². The van der Waals surface area contributed by atoms with Crippen molar-refractivity contribution in [3.05, 3.63) is 34.1 Å². The van der Waals surface area contributed by atoms with Gasteiger partial charge >= 0.3 is 5.97 Å². The van der Waals surface area contributed by atoms with Gasteiger partial charge < -0.3 is 10.2 Å². The van der Waals surface area contributed by atoms with Crippen molar-refractivity contribution in [1.29, 1.82) is 0 Å². The lowest BCUT2D eigenvalue weighted by Gasteiger charge is -2.19. The minimum absolute atomic E-state index is 0.306. The lowest BCUT2D eigenvalue weighted by molar-refractivity contribution is -0.146. The SMILES string of the molecule is CCC(C(=O)O)C(O)c1ccc(F)cc1Br. The summed E-state index contributed by atoms with van der Waals surface area (Å²) in [5, 5.41) is 18.8. The third-order valence-corrected chi connectivity index (χ3v) is 3.11. The molecule has 0 fully saturated rings. The maximum atomic E-state index is 12.8. The van der Waals surface area contributed by atoms with Crippen molar-refractivity contribution in [3.8, 4) is 0 Å². The second-order valence-corrected chi connectivity index (χ2v) is 4.32. The molecule has 0 amide bonds. The molecular weight excluding hydrogens is 279 g/mol. The fraction of sp³-hybridized carbons (Fsp3) is 0.364. The highest BCUT2D eigenvalue weighted by Gasteiger charge is 2.27. The predicted octanol–water partition coefficient (Wildman–Crippen LogP) is 2.73. The van der Waals surface area contributed by atoms with Gasteiger partial charge in [-0.1, -0.05) is 28.9 Å². The van der Waals surface area contributed by atoms with Gasteiger partial charge in [-0.05, 0) is 24.1 Å². The quantitative estimate of drug-likeness (QED) is 0.896. The molecule has 0 aliphatic carbocycles. The largest absolute Gasteiger partial charge is 0.481 e. The molecule has 0 bridgehead atoms. The number of halogens is 2. The van der Waals surface area contributed by atoms with E-state index in [1.54, 1.807) is 6.92 Å². The first-order valence-electron chi connectivity index (χ1n) is 4.83. The van der Waals surface area contributed by atoms with Crippen LogP contribution in [0.5, 0.6) is 0 Å². The van der Waals surface area contributed by atoms with E-state index in [-0.39, 0.29) is 0 Å². The number of hydrogen-bond acceptors (Lipinski definition) is 2. The molecule has 0 radical (unpaired) electrons. The van der Waals surface area contributed by atoms with Crippen molar-refractivity contribution in [3.63, 3.8) is 0 Å². The number of aliphatic hydroxyl groups excluding tert-OH is 1. The maximum absolute atomic E-state index is 12.8. The van der Waals surface area contributed by atoms with Crippen molar-refractivity contribution >= 4 is 21.9 Å². The van der Waals surface area contributed by atoms with Crippen LogP contribution in [-0.4, -0.2) is 16.2 Å². The third kappa shape index (κ3) is 2.80. The van der Waals surface area contributed by atoms with E-state index in [0.29, 0.717) is 16.5 Å². The standard InChI is InChI=1S/C11H12BrFO3/c1-2-7(11(15)16)10(14)8-4-3-6(13)5-9(8)12/h3-5,7,10,14H,2H2,1H3,(H,15,16).